The van der Waals surface area contributed by atoms with Crippen molar-refractivity contribution in [1.29, 1.82) is 0 Å². The molecular formula is C14H18ClN3O. The smallest absolute Gasteiger partial charge is 0.116 e. The zero-order valence-electron chi connectivity index (χ0n) is 11.2. The summed E-state index contributed by atoms with van der Waals surface area (Å²) in [7, 11) is 0. The minimum atomic E-state index is -0.111. The molecular weight excluding hydrogens is 262 g/mol. The van der Waals surface area contributed by atoms with Gasteiger partial charge >= 0.3 is 0 Å². The van der Waals surface area contributed by atoms with Crippen molar-refractivity contribution >= 4 is 11.6 Å². The highest BCUT2D eigenvalue weighted by Gasteiger charge is 2.14. The molecule has 0 atom stereocenters. The minimum absolute atomic E-state index is 0.111. The van der Waals surface area contributed by atoms with E-state index in [1.54, 1.807) is 0 Å². The molecule has 5 heteroatoms. The van der Waals surface area contributed by atoms with Gasteiger partial charge in [-0.05, 0) is 24.5 Å². The van der Waals surface area contributed by atoms with Gasteiger partial charge in [-0.25, -0.2) is 4.68 Å². The first kappa shape index (κ1) is 14.0. The van der Waals surface area contributed by atoms with Crippen molar-refractivity contribution in [2.45, 2.75) is 33.4 Å². The Kier molecular flexibility index (Phi) is 4.56. The molecule has 1 aromatic heterocycles. The summed E-state index contributed by atoms with van der Waals surface area (Å²) in [4.78, 5) is 0. The SMILES string of the molecule is CC(C)CCn1nnc(CO)c1-c1ccc(Cl)cc1. The summed E-state index contributed by atoms with van der Waals surface area (Å²) in [5.74, 6) is 0.597. The summed E-state index contributed by atoms with van der Waals surface area (Å²) in [5.41, 5.74) is 2.45. The molecule has 0 aliphatic heterocycles. The highest BCUT2D eigenvalue weighted by atomic mass is 35.5. The molecule has 0 aliphatic rings. The normalized spacial score (nSPS) is 11.2. The number of hydrogen-bond acceptors (Lipinski definition) is 3. The third-order valence-corrected chi connectivity index (χ3v) is 3.24. The second-order valence-electron chi connectivity index (χ2n) is 4.96. The molecule has 1 aromatic carbocycles. The third kappa shape index (κ3) is 3.33. The number of aliphatic hydroxyl groups excluding tert-OH is 1. The van der Waals surface area contributed by atoms with E-state index < -0.39 is 0 Å². The molecule has 0 aliphatic carbocycles. The van der Waals surface area contributed by atoms with Crippen molar-refractivity contribution in [3.05, 3.63) is 35.0 Å². The van der Waals surface area contributed by atoms with Crippen LogP contribution in [0.4, 0.5) is 0 Å². The van der Waals surface area contributed by atoms with Crippen LogP contribution in [0, 0.1) is 5.92 Å². The molecule has 102 valence electrons. The van der Waals surface area contributed by atoms with Gasteiger partial charge in [0.25, 0.3) is 0 Å². The van der Waals surface area contributed by atoms with Crippen LogP contribution in [-0.2, 0) is 13.2 Å². The molecule has 2 aromatic rings. The van der Waals surface area contributed by atoms with Gasteiger partial charge in [0.2, 0.25) is 0 Å². The van der Waals surface area contributed by atoms with E-state index in [9.17, 15) is 5.11 Å². The molecule has 0 fully saturated rings. The first-order valence-electron chi connectivity index (χ1n) is 6.41. The second-order valence-corrected chi connectivity index (χ2v) is 5.39. The maximum atomic E-state index is 9.38. The first-order chi connectivity index (χ1) is 9.11. The minimum Gasteiger partial charge on any atom is -0.390 e. The van der Waals surface area contributed by atoms with E-state index in [2.05, 4.69) is 24.2 Å². The van der Waals surface area contributed by atoms with Crippen LogP contribution >= 0.6 is 11.6 Å². The van der Waals surface area contributed by atoms with Crippen molar-refractivity contribution in [2.75, 3.05) is 0 Å². The van der Waals surface area contributed by atoms with Crippen molar-refractivity contribution in [3.8, 4) is 11.3 Å². The van der Waals surface area contributed by atoms with Crippen LogP contribution in [0.15, 0.2) is 24.3 Å². The predicted molar refractivity (Wildman–Crippen MR) is 75.8 cm³/mol. The summed E-state index contributed by atoms with van der Waals surface area (Å²) < 4.78 is 1.86. The van der Waals surface area contributed by atoms with Gasteiger partial charge in [0, 0.05) is 17.1 Å². The average Bonchev–Trinajstić information content (AvgIpc) is 2.80. The molecule has 0 radical (unpaired) electrons. The average molecular weight is 280 g/mol. The maximum Gasteiger partial charge on any atom is 0.116 e. The molecule has 0 saturated heterocycles. The van der Waals surface area contributed by atoms with Gasteiger partial charge in [0.05, 0.1) is 12.3 Å². The van der Waals surface area contributed by atoms with Crippen molar-refractivity contribution in [2.24, 2.45) is 5.92 Å². The highest BCUT2D eigenvalue weighted by Crippen LogP contribution is 2.24. The number of aryl methyl sites for hydroxylation is 1. The van der Waals surface area contributed by atoms with Crippen molar-refractivity contribution < 1.29 is 5.11 Å². The second kappa shape index (κ2) is 6.17. The van der Waals surface area contributed by atoms with Crippen LogP contribution in [0.3, 0.4) is 0 Å². The van der Waals surface area contributed by atoms with Gasteiger partial charge in [-0.15, -0.1) is 5.10 Å². The standard InChI is InChI=1S/C14H18ClN3O/c1-10(2)7-8-18-14(13(9-19)16-17-18)11-3-5-12(15)6-4-11/h3-6,10,19H,7-9H2,1-2H3. The topological polar surface area (TPSA) is 50.9 Å². The van der Waals surface area contributed by atoms with E-state index >= 15 is 0 Å². The number of benzene rings is 1. The van der Waals surface area contributed by atoms with Gasteiger partial charge in [0.1, 0.15) is 5.69 Å². The van der Waals surface area contributed by atoms with Crippen LogP contribution in [-0.4, -0.2) is 20.1 Å². The van der Waals surface area contributed by atoms with E-state index in [0.29, 0.717) is 16.6 Å². The van der Waals surface area contributed by atoms with Crippen LogP contribution in [0.25, 0.3) is 11.3 Å². The lowest BCUT2D eigenvalue weighted by molar-refractivity contribution is 0.277. The van der Waals surface area contributed by atoms with Gasteiger partial charge in [-0.2, -0.15) is 0 Å². The lowest BCUT2D eigenvalue weighted by atomic mass is 10.1. The maximum absolute atomic E-state index is 9.38. The Morgan fingerprint density at radius 3 is 2.53 bits per heavy atom. The monoisotopic (exact) mass is 279 g/mol. The zero-order chi connectivity index (χ0) is 13.8. The van der Waals surface area contributed by atoms with Gasteiger partial charge in [0.15, 0.2) is 0 Å². The third-order valence-electron chi connectivity index (χ3n) is 2.99. The lowest BCUT2D eigenvalue weighted by Crippen LogP contribution is -2.05. The fraction of sp³-hybridized carbons (Fsp3) is 0.429. The summed E-state index contributed by atoms with van der Waals surface area (Å²) in [5, 5.41) is 18.2. The number of halogens is 1. The van der Waals surface area contributed by atoms with E-state index in [1.165, 1.54) is 0 Å². The summed E-state index contributed by atoms with van der Waals surface area (Å²) in [6, 6.07) is 7.51. The molecule has 2 rings (SSSR count). The zero-order valence-corrected chi connectivity index (χ0v) is 11.9. The van der Waals surface area contributed by atoms with E-state index in [1.807, 2.05) is 28.9 Å². The summed E-state index contributed by atoms with van der Waals surface area (Å²) >= 11 is 5.90. The molecule has 1 N–H and O–H groups in total. The highest BCUT2D eigenvalue weighted by molar-refractivity contribution is 6.30. The van der Waals surface area contributed by atoms with Gasteiger partial charge in [-0.1, -0.05) is 42.8 Å². The Morgan fingerprint density at radius 2 is 1.95 bits per heavy atom. The molecule has 0 bridgehead atoms. The Labute approximate surface area is 118 Å². The largest absolute Gasteiger partial charge is 0.390 e. The fourth-order valence-electron chi connectivity index (χ4n) is 1.92. The molecule has 4 nitrogen and oxygen atoms in total. The van der Waals surface area contributed by atoms with Gasteiger partial charge in [-0.3, -0.25) is 0 Å². The molecule has 0 amide bonds. The Bertz CT molecular complexity index is 534. The van der Waals surface area contributed by atoms with Crippen LogP contribution in [0.5, 0.6) is 0 Å². The number of aromatic nitrogens is 3. The van der Waals surface area contributed by atoms with Crippen molar-refractivity contribution in [3.63, 3.8) is 0 Å². The van der Waals surface area contributed by atoms with Gasteiger partial charge < -0.3 is 5.11 Å². The number of hydrogen-bond donors (Lipinski definition) is 1. The van der Waals surface area contributed by atoms with E-state index in [4.69, 9.17) is 11.6 Å². The fourth-order valence-corrected chi connectivity index (χ4v) is 2.04. The van der Waals surface area contributed by atoms with E-state index in [0.717, 1.165) is 24.2 Å². The first-order valence-corrected chi connectivity index (χ1v) is 6.78. The molecule has 19 heavy (non-hydrogen) atoms. The Hall–Kier alpha value is -1.39. The molecule has 0 spiro atoms. The summed E-state index contributed by atoms with van der Waals surface area (Å²) in [6.45, 7) is 5.03. The lowest BCUT2D eigenvalue weighted by Gasteiger charge is -2.09. The van der Waals surface area contributed by atoms with Crippen LogP contribution < -0.4 is 0 Å². The number of aliphatic hydroxyl groups is 1. The Balaban J connectivity index is 2.35. The number of rotatable bonds is 5. The quantitative estimate of drug-likeness (QED) is 0.915. The molecule has 0 unspecified atom stereocenters. The number of nitrogens with zero attached hydrogens (tertiary/aromatic N) is 3. The predicted octanol–water partition coefficient (Wildman–Crippen LogP) is 3.14. The van der Waals surface area contributed by atoms with Crippen LogP contribution in [0.2, 0.25) is 5.02 Å². The Morgan fingerprint density at radius 1 is 1.26 bits per heavy atom. The van der Waals surface area contributed by atoms with E-state index in [-0.39, 0.29) is 6.61 Å². The van der Waals surface area contributed by atoms with Crippen LogP contribution in [0.1, 0.15) is 26.0 Å². The summed E-state index contributed by atoms with van der Waals surface area (Å²) in [6.07, 6.45) is 1.02. The molecule has 1 heterocycles. The van der Waals surface area contributed by atoms with Crippen molar-refractivity contribution in [1.82, 2.24) is 15.0 Å². The molecule has 0 saturated carbocycles.